The summed E-state index contributed by atoms with van der Waals surface area (Å²) in [6.07, 6.45) is -0.675. The fourth-order valence-corrected chi connectivity index (χ4v) is 4.29. The highest BCUT2D eigenvalue weighted by molar-refractivity contribution is 7.89. The van der Waals surface area contributed by atoms with Crippen molar-refractivity contribution in [2.75, 3.05) is 20.1 Å². The summed E-state index contributed by atoms with van der Waals surface area (Å²) in [5, 5.41) is 9.63. The molecule has 2 rings (SSSR count). The largest absolute Gasteiger partial charge is 0.389 e. The highest BCUT2D eigenvalue weighted by Crippen LogP contribution is 2.24. The van der Waals surface area contributed by atoms with E-state index in [1.54, 1.807) is 35.5 Å². The Kier molecular flexibility index (Phi) is 4.72. The SMILES string of the molecule is CC(O)c1cccc(S(=O)(=O)N2CC(C)N(C)C(C)C2)c1. The van der Waals surface area contributed by atoms with Crippen LogP contribution in [0.1, 0.15) is 32.4 Å². The molecule has 0 radical (unpaired) electrons. The van der Waals surface area contributed by atoms with Gasteiger partial charge in [0.15, 0.2) is 0 Å². The van der Waals surface area contributed by atoms with Crippen LogP contribution < -0.4 is 0 Å². The summed E-state index contributed by atoms with van der Waals surface area (Å²) in [4.78, 5) is 2.45. The van der Waals surface area contributed by atoms with Crippen molar-refractivity contribution in [1.82, 2.24) is 9.21 Å². The summed E-state index contributed by atoms with van der Waals surface area (Å²) in [5.74, 6) is 0. The van der Waals surface area contributed by atoms with Crippen LogP contribution in [0.5, 0.6) is 0 Å². The second-order valence-corrected chi connectivity index (χ2v) is 7.87. The van der Waals surface area contributed by atoms with Gasteiger partial charge in [-0.15, -0.1) is 0 Å². The lowest BCUT2D eigenvalue weighted by Crippen LogP contribution is -2.56. The van der Waals surface area contributed by atoms with Crippen molar-refractivity contribution in [2.24, 2.45) is 0 Å². The maximum atomic E-state index is 12.8. The predicted octanol–water partition coefficient (Wildman–Crippen LogP) is 1.45. The monoisotopic (exact) mass is 312 g/mol. The zero-order chi connectivity index (χ0) is 15.8. The van der Waals surface area contributed by atoms with E-state index in [9.17, 15) is 13.5 Å². The molecule has 0 amide bonds. The van der Waals surface area contributed by atoms with Gasteiger partial charge in [0, 0.05) is 25.2 Å². The summed E-state index contributed by atoms with van der Waals surface area (Å²) in [6, 6.07) is 6.94. The second kappa shape index (κ2) is 6.04. The topological polar surface area (TPSA) is 60.9 Å². The molecule has 3 atom stereocenters. The van der Waals surface area contributed by atoms with E-state index in [4.69, 9.17) is 0 Å². The minimum absolute atomic E-state index is 0.184. The Balaban J connectivity index is 2.32. The molecule has 1 aliphatic heterocycles. The number of sulfonamides is 1. The highest BCUT2D eigenvalue weighted by Gasteiger charge is 2.34. The molecule has 1 fully saturated rings. The molecule has 3 unspecified atom stereocenters. The van der Waals surface area contributed by atoms with Crippen LogP contribution in [0.25, 0.3) is 0 Å². The second-order valence-electron chi connectivity index (χ2n) is 5.93. The number of rotatable bonds is 3. The van der Waals surface area contributed by atoms with Gasteiger partial charge in [0.2, 0.25) is 10.0 Å². The Morgan fingerprint density at radius 3 is 2.33 bits per heavy atom. The van der Waals surface area contributed by atoms with E-state index in [0.29, 0.717) is 18.7 Å². The van der Waals surface area contributed by atoms with E-state index in [0.717, 1.165) is 0 Å². The standard InChI is InChI=1S/C15H24N2O3S/c1-11-9-17(10-12(2)16(11)4)21(19,20)15-7-5-6-14(8-15)13(3)18/h5-8,11-13,18H,9-10H2,1-4H3. The van der Waals surface area contributed by atoms with E-state index in [-0.39, 0.29) is 17.0 Å². The fourth-order valence-electron chi connectivity index (χ4n) is 2.64. The van der Waals surface area contributed by atoms with E-state index < -0.39 is 16.1 Å². The van der Waals surface area contributed by atoms with Crippen LogP contribution in [0.3, 0.4) is 0 Å². The lowest BCUT2D eigenvalue weighted by atomic mass is 10.1. The minimum Gasteiger partial charge on any atom is -0.389 e. The Morgan fingerprint density at radius 1 is 1.24 bits per heavy atom. The number of nitrogens with zero attached hydrogens (tertiary/aromatic N) is 2. The Morgan fingerprint density at radius 2 is 1.81 bits per heavy atom. The Bertz CT molecular complexity index is 589. The first-order chi connectivity index (χ1) is 9.73. The highest BCUT2D eigenvalue weighted by atomic mass is 32.2. The molecule has 118 valence electrons. The van der Waals surface area contributed by atoms with Crippen molar-refractivity contribution >= 4 is 10.0 Å². The van der Waals surface area contributed by atoms with Gasteiger partial charge in [0.1, 0.15) is 0 Å². The number of aliphatic hydroxyl groups excluding tert-OH is 1. The molecular weight excluding hydrogens is 288 g/mol. The molecule has 0 aliphatic carbocycles. The van der Waals surface area contributed by atoms with E-state index in [1.165, 1.54) is 0 Å². The first kappa shape index (κ1) is 16.4. The number of aliphatic hydroxyl groups is 1. The molecule has 0 saturated carbocycles. The van der Waals surface area contributed by atoms with Gasteiger partial charge in [-0.05, 0) is 45.5 Å². The molecule has 1 saturated heterocycles. The van der Waals surface area contributed by atoms with Gasteiger partial charge in [-0.3, -0.25) is 4.90 Å². The summed E-state index contributed by atoms with van der Waals surface area (Å²) in [5.41, 5.74) is 0.617. The molecule has 1 aromatic rings. The average molecular weight is 312 g/mol. The smallest absolute Gasteiger partial charge is 0.243 e. The summed E-state index contributed by atoms with van der Waals surface area (Å²) < 4.78 is 27.1. The number of benzene rings is 1. The van der Waals surface area contributed by atoms with Crippen molar-refractivity contribution in [3.63, 3.8) is 0 Å². The van der Waals surface area contributed by atoms with Gasteiger partial charge < -0.3 is 5.11 Å². The Hall–Kier alpha value is -0.950. The van der Waals surface area contributed by atoms with E-state index >= 15 is 0 Å². The molecular formula is C15H24N2O3S. The van der Waals surface area contributed by atoms with Crippen LogP contribution in [-0.2, 0) is 10.0 Å². The van der Waals surface area contributed by atoms with Crippen LogP contribution in [0.4, 0.5) is 0 Å². The summed E-state index contributed by atoms with van der Waals surface area (Å²) >= 11 is 0. The predicted molar refractivity (Wildman–Crippen MR) is 82.5 cm³/mol. The van der Waals surface area contributed by atoms with Crippen LogP contribution in [0, 0.1) is 0 Å². The maximum absolute atomic E-state index is 12.8. The molecule has 0 aromatic heterocycles. The Labute approximate surface area is 127 Å². The van der Waals surface area contributed by atoms with Gasteiger partial charge in [-0.25, -0.2) is 8.42 Å². The quantitative estimate of drug-likeness (QED) is 0.918. The molecule has 1 N–H and O–H groups in total. The van der Waals surface area contributed by atoms with Crippen molar-refractivity contribution in [1.29, 1.82) is 0 Å². The molecule has 1 heterocycles. The van der Waals surface area contributed by atoms with Crippen molar-refractivity contribution < 1.29 is 13.5 Å². The molecule has 5 nitrogen and oxygen atoms in total. The minimum atomic E-state index is -3.51. The zero-order valence-corrected chi connectivity index (χ0v) is 13.8. The third-order valence-electron chi connectivity index (χ3n) is 4.30. The van der Waals surface area contributed by atoms with Gasteiger partial charge in [-0.2, -0.15) is 4.31 Å². The van der Waals surface area contributed by atoms with Crippen molar-refractivity contribution in [3.05, 3.63) is 29.8 Å². The molecule has 6 heteroatoms. The number of likely N-dealkylation sites (N-methyl/N-ethyl adjacent to an activating group) is 1. The molecule has 1 aliphatic rings. The number of hydrogen-bond donors (Lipinski definition) is 1. The molecule has 0 spiro atoms. The first-order valence-corrected chi connectivity index (χ1v) is 8.67. The number of piperazine rings is 1. The number of hydrogen-bond acceptors (Lipinski definition) is 4. The first-order valence-electron chi connectivity index (χ1n) is 7.23. The van der Waals surface area contributed by atoms with Crippen molar-refractivity contribution in [2.45, 2.75) is 43.9 Å². The average Bonchev–Trinajstić information content (AvgIpc) is 2.44. The van der Waals surface area contributed by atoms with Crippen LogP contribution in [0.2, 0.25) is 0 Å². The van der Waals surface area contributed by atoms with E-state index in [2.05, 4.69) is 4.90 Å². The molecule has 1 aromatic carbocycles. The third-order valence-corrected chi connectivity index (χ3v) is 6.13. The summed E-state index contributed by atoms with van der Waals surface area (Å²) in [7, 11) is -1.49. The zero-order valence-electron chi connectivity index (χ0n) is 13.0. The lowest BCUT2D eigenvalue weighted by Gasteiger charge is -2.41. The normalized spacial score (nSPS) is 26.7. The van der Waals surface area contributed by atoms with Crippen LogP contribution in [-0.4, -0.2) is 55.0 Å². The van der Waals surface area contributed by atoms with Crippen molar-refractivity contribution in [3.8, 4) is 0 Å². The van der Waals surface area contributed by atoms with Gasteiger partial charge in [0.05, 0.1) is 11.0 Å². The third kappa shape index (κ3) is 3.29. The molecule has 0 bridgehead atoms. The fraction of sp³-hybridized carbons (Fsp3) is 0.600. The van der Waals surface area contributed by atoms with Gasteiger partial charge >= 0.3 is 0 Å². The molecule has 21 heavy (non-hydrogen) atoms. The summed E-state index contributed by atoms with van der Waals surface area (Å²) in [6.45, 7) is 6.67. The van der Waals surface area contributed by atoms with Gasteiger partial charge in [0.25, 0.3) is 0 Å². The van der Waals surface area contributed by atoms with Crippen LogP contribution in [0.15, 0.2) is 29.2 Å². The lowest BCUT2D eigenvalue weighted by molar-refractivity contribution is 0.105. The van der Waals surface area contributed by atoms with Crippen LogP contribution >= 0.6 is 0 Å². The maximum Gasteiger partial charge on any atom is 0.243 e. The van der Waals surface area contributed by atoms with Gasteiger partial charge in [-0.1, -0.05) is 12.1 Å². The van der Waals surface area contributed by atoms with E-state index in [1.807, 2.05) is 20.9 Å².